The fourth-order valence-corrected chi connectivity index (χ4v) is 1.64. The van der Waals surface area contributed by atoms with Crippen LogP contribution in [0.1, 0.15) is 20.3 Å². The summed E-state index contributed by atoms with van der Waals surface area (Å²) < 4.78 is 5.46. The fourth-order valence-electron chi connectivity index (χ4n) is 1.45. The number of hydrogen-bond acceptors (Lipinski definition) is 3. The number of ether oxygens (including phenoxy) is 1. The van der Waals surface area contributed by atoms with Gasteiger partial charge in [0.2, 0.25) is 0 Å². The Bertz CT molecular complexity index is 346. The second-order valence-electron chi connectivity index (χ2n) is 4.57. The molecule has 1 rings (SSSR count). The van der Waals surface area contributed by atoms with E-state index in [9.17, 15) is 5.11 Å². The van der Waals surface area contributed by atoms with Gasteiger partial charge < -0.3 is 15.2 Å². The molecule has 102 valence electrons. The highest BCUT2D eigenvalue weighted by atomic mass is 35.5. The molecule has 18 heavy (non-hydrogen) atoms. The van der Waals surface area contributed by atoms with Gasteiger partial charge in [0.15, 0.2) is 0 Å². The van der Waals surface area contributed by atoms with Gasteiger partial charge in [-0.25, -0.2) is 0 Å². The summed E-state index contributed by atoms with van der Waals surface area (Å²) in [7, 11) is 0. The van der Waals surface area contributed by atoms with Crippen molar-refractivity contribution in [2.45, 2.75) is 26.4 Å². The maximum absolute atomic E-state index is 9.76. The van der Waals surface area contributed by atoms with Crippen molar-refractivity contribution < 1.29 is 9.84 Å². The molecule has 0 amide bonds. The van der Waals surface area contributed by atoms with E-state index in [1.165, 1.54) is 0 Å². The smallest absolute Gasteiger partial charge is 0.138 e. The lowest BCUT2D eigenvalue weighted by atomic mass is 10.1. The molecule has 0 aliphatic carbocycles. The standard InChI is InChI=1S/C14H22ClNO2/c1-3-11(2)8-16-9-12(17)10-18-14-7-5-4-6-13(14)15/h4-7,11-12,16-17H,3,8-10H2,1-2H3. The number of aliphatic hydroxyl groups excluding tert-OH is 1. The number of rotatable bonds is 8. The molecule has 1 aromatic carbocycles. The second kappa shape index (κ2) is 8.35. The topological polar surface area (TPSA) is 41.5 Å². The molecule has 4 heteroatoms. The highest BCUT2D eigenvalue weighted by Crippen LogP contribution is 2.22. The molecular formula is C14H22ClNO2. The average Bonchev–Trinajstić information content (AvgIpc) is 2.37. The molecule has 0 aliphatic rings. The molecule has 0 aliphatic heterocycles. The molecule has 0 spiro atoms. The van der Waals surface area contributed by atoms with Crippen LogP contribution in [0.15, 0.2) is 24.3 Å². The number of nitrogens with one attached hydrogen (secondary N) is 1. The van der Waals surface area contributed by atoms with Crippen molar-refractivity contribution in [1.82, 2.24) is 5.32 Å². The van der Waals surface area contributed by atoms with E-state index in [1.807, 2.05) is 12.1 Å². The Morgan fingerprint density at radius 2 is 2.06 bits per heavy atom. The van der Waals surface area contributed by atoms with Gasteiger partial charge in [0.1, 0.15) is 18.5 Å². The number of halogens is 1. The minimum atomic E-state index is -0.523. The zero-order chi connectivity index (χ0) is 13.4. The van der Waals surface area contributed by atoms with Crippen molar-refractivity contribution in [1.29, 1.82) is 0 Å². The van der Waals surface area contributed by atoms with E-state index in [4.69, 9.17) is 16.3 Å². The molecule has 0 fully saturated rings. The van der Waals surface area contributed by atoms with Gasteiger partial charge >= 0.3 is 0 Å². The summed E-state index contributed by atoms with van der Waals surface area (Å²) in [6.07, 6.45) is 0.615. The van der Waals surface area contributed by atoms with Crippen molar-refractivity contribution in [3.8, 4) is 5.75 Å². The predicted octanol–water partition coefficient (Wildman–Crippen LogP) is 2.72. The lowest BCUT2D eigenvalue weighted by molar-refractivity contribution is 0.105. The summed E-state index contributed by atoms with van der Waals surface area (Å²) in [5.41, 5.74) is 0. The molecule has 1 aromatic rings. The molecule has 0 aromatic heterocycles. The van der Waals surface area contributed by atoms with E-state index in [-0.39, 0.29) is 6.61 Å². The Hall–Kier alpha value is -0.770. The maximum Gasteiger partial charge on any atom is 0.138 e. The Labute approximate surface area is 114 Å². The third-order valence-electron chi connectivity index (χ3n) is 2.84. The van der Waals surface area contributed by atoms with Crippen LogP contribution in [0.3, 0.4) is 0 Å². The first-order valence-corrected chi connectivity index (χ1v) is 6.77. The van der Waals surface area contributed by atoms with E-state index >= 15 is 0 Å². The van der Waals surface area contributed by atoms with E-state index in [2.05, 4.69) is 19.2 Å². The van der Waals surface area contributed by atoms with Gasteiger partial charge in [0, 0.05) is 6.54 Å². The SMILES string of the molecule is CCC(C)CNCC(O)COc1ccccc1Cl. The number of para-hydroxylation sites is 1. The molecule has 0 bridgehead atoms. The van der Waals surface area contributed by atoms with Crippen molar-refractivity contribution in [2.24, 2.45) is 5.92 Å². The normalized spacial score (nSPS) is 14.2. The second-order valence-corrected chi connectivity index (χ2v) is 4.97. The Kier molecular flexibility index (Phi) is 7.09. The molecule has 2 atom stereocenters. The van der Waals surface area contributed by atoms with Gasteiger partial charge in [-0.15, -0.1) is 0 Å². The minimum absolute atomic E-state index is 0.247. The van der Waals surface area contributed by atoms with Gasteiger partial charge in [0.05, 0.1) is 5.02 Å². The largest absolute Gasteiger partial charge is 0.489 e. The van der Waals surface area contributed by atoms with Gasteiger partial charge in [-0.2, -0.15) is 0 Å². The summed E-state index contributed by atoms with van der Waals surface area (Å²) in [4.78, 5) is 0. The molecule has 0 heterocycles. The van der Waals surface area contributed by atoms with Crippen LogP contribution in [0.2, 0.25) is 5.02 Å². The third kappa shape index (κ3) is 5.71. The van der Waals surface area contributed by atoms with Crippen molar-refractivity contribution in [2.75, 3.05) is 19.7 Å². The zero-order valence-corrected chi connectivity index (χ0v) is 11.8. The van der Waals surface area contributed by atoms with E-state index in [1.54, 1.807) is 12.1 Å². The van der Waals surface area contributed by atoms with E-state index in [0.717, 1.165) is 13.0 Å². The average molecular weight is 272 g/mol. The molecule has 0 saturated carbocycles. The molecule has 3 nitrogen and oxygen atoms in total. The van der Waals surface area contributed by atoms with Crippen LogP contribution < -0.4 is 10.1 Å². The Balaban J connectivity index is 2.21. The number of hydrogen-bond donors (Lipinski definition) is 2. The Morgan fingerprint density at radius 1 is 1.33 bits per heavy atom. The van der Waals surface area contributed by atoms with Crippen LogP contribution in [-0.4, -0.2) is 30.9 Å². The van der Waals surface area contributed by atoms with Crippen LogP contribution in [0.25, 0.3) is 0 Å². The minimum Gasteiger partial charge on any atom is -0.489 e. The molecule has 0 radical (unpaired) electrons. The Morgan fingerprint density at radius 3 is 2.72 bits per heavy atom. The van der Waals surface area contributed by atoms with Crippen LogP contribution in [0.4, 0.5) is 0 Å². The van der Waals surface area contributed by atoms with Gasteiger partial charge in [-0.1, -0.05) is 44.0 Å². The van der Waals surface area contributed by atoms with Crippen LogP contribution in [-0.2, 0) is 0 Å². The van der Waals surface area contributed by atoms with E-state index < -0.39 is 6.10 Å². The predicted molar refractivity (Wildman–Crippen MR) is 75.3 cm³/mol. The van der Waals surface area contributed by atoms with Crippen molar-refractivity contribution >= 4 is 11.6 Å². The highest BCUT2D eigenvalue weighted by Gasteiger charge is 2.07. The number of aliphatic hydroxyl groups is 1. The third-order valence-corrected chi connectivity index (χ3v) is 3.15. The van der Waals surface area contributed by atoms with Gasteiger partial charge in [0.25, 0.3) is 0 Å². The first-order valence-electron chi connectivity index (χ1n) is 6.39. The molecule has 2 unspecified atom stereocenters. The summed E-state index contributed by atoms with van der Waals surface area (Å²) in [6.45, 7) is 6.04. The fraction of sp³-hybridized carbons (Fsp3) is 0.571. The molecular weight excluding hydrogens is 250 g/mol. The molecule has 2 N–H and O–H groups in total. The first kappa shape index (κ1) is 15.3. The monoisotopic (exact) mass is 271 g/mol. The van der Waals surface area contributed by atoms with Crippen LogP contribution >= 0.6 is 11.6 Å². The van der Waals surface area contributed by atoms with Gasteiger partial charge in [-0.05, 0) is 24.6 Å². The quantitative estimate of drug-likeness (QED) is 0.764. The summed E-state index contributed by atoms with van der Waals surface area (Å²) in [6, 6.07) is 7.26. The number of benzene rings is 1. The van der Waals surface area contributed by atoms with Crippen molar-refractivity contribution in [3.63, 3.8) is 0 Å². The lowest BCUT2D eigenvalue weighted by Crippen LogP contribution is -2.33. The summed E-state index contributed by atoms with van der Waals surface area (Å²) in [5, 5.41) is 13.5. The molecule has 0 saturated heterocycles. The zero-order valence-electron chi connectivity index (χ0n) is 11.0. The highest BCUT2D eigenvalue weighted by molar-refractivity contribution is 6.32. The summed E-state index contributed by atoms with van der Waals surface area (Å²) in [5.74, 6) is 1.24. The van der Waals surface area contributed by atoms with Gasteiger partial charge in [-0.3, -0.25) is 0 Å². The van der Waals surface area contributed by atoms with Crippen molar-refractivity contribution in [3.05, 3.63) is 29.3 Å². The maximum atomic E-state index is 9.76. The first-order chi connectivity index (χ1) is 8.63. The lowest BCUT2D eigenvalue weighted by Gasteiger charge is -2.15. The van der Waals surface area contributed by atoms with Crippen LogP contribution in [0.5, 0.6) is 5.75 Å². The van der Waals surface area contributed by atoms with Crippen LogP contribution in [0, 0.1) is 5.92 Å². The summed E-state index contributed by atoms with van der Waals surface area (Å²) >= 11 is 5.95. The van der Waals surface area contributed by atoms with E-state index in [0.29, 0.717) is 23.2 Å².